The van der Waals surface area contributed by atoms with Gasteiger partial charge in [0.05, 0.1) is 12.0 Å². The van der Waals surface area contributed by atoms with E-state index in [-0.39, 0.29) is 4.90 Å². The van der Waals surface area contributed by atoms with Gasteiger partial charge in [-0.25, -0.2) is 0 Å². The topological polar surface area (TPSA) is 52.6 Å². The van der Waals surface area contributed by atoms with Gasteiger partial charge >= 0.3 is 10.1 Å². The summed E-state index contributed by atoms with van der Waals surface area (Å²) < 4.78 is 33.9. The van der Waals surface area contributed by atoms with Gasteiger partial charge in [0.25, 0.3) is 0 Å². The molecule has 0 heterocycles. The minimum absolute atomic E-state index is 0.143. The summed E-state index contributed by atoms with van der Waals surface area (Å²) in [6.07, 6.45) is 0. The fraction of sp³-hybridized carbons (Fsp3) is 0.143. The normalized spacial score (nSPS) is 11.3. The molecule has 0 bridgehead atoms. The van der Waals surface area contributed by atoms with E-state index >= 15 is 0 Å². The SMILES string of the molecule is COc1ccc(SOS(=O)(=O)c2ccc(C)cc2)cc1. The van der Waals surface area contributed by atoms with Crippen LogP contribution in [0.25, 0.3) is 0 Å². The molecule has 0 spiro atoms. The zero-order valence-corrected chi connectivity index (χ0v) is 12.7. The van der Waals surface area contributed by atoms with Crippen LogP contribution >= 0.6 is 12.0 Å². The van der Waals surface area contributed by atoms with Gasteiger partial charge in [-0.2, -0.15) is 12.0 Å². The Bertz CT molecular complexity index is 661. The standard InChI is InChI=1S/C14H14O4S2/c1-11-3-9-14(10-4-11)20(15,16)18-19-13-7-5-12(17-2)6-8-13/h3-10H,1-2H3. The second kappa shape index (κ2) is 6.30. The molecule has 0 saturated heterocycles. The summed E-state index contributed by atoms with van der Waals surface area (Å²) in [5.74, 6) is 0.704. The molecular weight excluding hydrogens is 296 g/mol. The third-order valence-corrected chi connectivity index (χ3v) is 4.89. The summed E-state index contributed by atoms with van der Waals surface area (Å²) in [6, 6.07) is 13.5. The number of hydrogen-bond donors (Lipinski definition) is 0. The van der Waals surface area contributed by atoms with Crippen LogP contribution in [0.2, 0.25) is 0 Å². The first kappa shape index (κ1) is 14.9. The van der Waals surface area contributed by atoms with Crippen LogP contribution in [0.4, 0.5) is 0 Å². The summed E-state index contributed by atoms with van der Waals surface area (Å²) in [5.41, 5.74) is 0.992. The first-order chi connectivity index (χ1) is 9.51. The van der Waals surface area contributed by atoms with E-state index in [0.717, 1.165) is 17.6 Å². The Morgan fingerprint density at radius 2 is 1.55 bits per heavy atom. The van der Waals surface area contributed by atoms with Crippen molar-refractivity contribution in [2.45, 2.75) is 16.7 Å². The number of aryl methyl sites for hydroxylation is 1. The molecule has 2 aromatic rings. The fourth-order valence-corrected chi connectivity index (χ4v) is 3.16. The van der Waals surface area contributed by atoms with Crippen molar-refractivity contribution in [3.8, 4) is 5.75 Å². The van der Waals surface area contributed by atoms with Gasteiger partial charge in [0.15, 0.2) is 0 Å². The second-order valence-electron chi connectivity index (χ2n) is 4.09. The molecule has 0 fully saturated rings. The quantitative estimate of drug-likeness (QED) is 0.792. The van der Waals surface area contributed by atoms with E-state index in [1.807, 2.05) is 6.92 Å². The lowest BCUT2D eigenvalue weighted by atomic mass is 10.2. The molecule has 0 unspecified atom stereocenters. The van der Waals surface area contributed by atoms with Crippen molar-refractivity contribution in [3.63, 3.8) is 0 Å². The van der Waals surface area contributed by atoms with Gasteiger partial charge in [-0.3, -0.25) is 0 Å². The Balaban J connectivity index is 2.06. The minimum atomic E-state index is -3.76. The smallest absolute Gasteiger partial charge is 0.308 e. The van der Waals surface area contributed by atoms with Gasteiger partial charge in [0, 0.05) is 16.9 Å². The minimum Gasteiger partial charge on any atom is -0.497 e. The molecule has 4 nitrogen and oxygen atoms in total. The summed E-state index contributed by atoms with van der Waals surface area (Å²) in [6.45, 7) is 1.89. The van der Waals surface area contributed by atoms with E-state index in [0.29, 0.717) is 10.6 Å². The van der Waals surface area contributed by atoms with E-state index in [1.54, 1.807) is 43.5 Å². The van der Waals surface area contributed by atoms with E-state index < -0.39 is 10.1 Å². The van der Waals surface area contributed by atoms with Gasteiger partial charge in [-0.05, 0) is 43.3 Å². The van der Waals surface area contributed by atoms with Crippen LogP contribution in [0.3, 0.4) is 0 Å². The van der Waals surface area contributed by atoms with Gasteiger partial charge in [-0.15, -0.1) is 0 Å². The average Bonchev–Trinajstić information content (AvgIpc) is 2.46. The molecule has 0 saturated carbocycles. The Morgan fingerprint density at radius 3 is 2.10 bits per heavy atom. The van der Waals surface area contributed by atoms with E-state index in [4.69, 9.17) is 8.37 Å². The van der Waals surface area contributed by atoms with Crippen molar-refractivity contribution in [2.24, 2.45) is 0 Å². The van der Waals surface area contributed by atoms with Crippen molar-refractivity contribution >= 4 is 22.2 Å². The lowest BCUT2D eigenvalue weighted by Crippen LogP contribution is -2.01. The molecule has 2 aromatic carbocycles. The fourth-order valence-electron chi connectivity index (χ4n) is 1.46. The van der Waals surface area contributed by atoms with Crippen LogP contribution in [0.5, 0.6) is 5.75 Å². The van der Waals surface area contributed by atoms with Crippen LogP contribution in [0.1, 0.15) is 5.56 Å². The number of rotatable bonds is 5. The maximum Gasteiger partial charge on any atom is 0.308 e. The molecule has 20 heavy (non-hydrogen) atoms. The third kappa shape index (κ3) is 3.75. The van der Waals surface area contributed by atoms with Crippen LogP contribution in [0.15, 0.2) is 58.3 Å². The number of benzene rings is 2. The van der Waals surface area contributed by atoms with Crippen molar-refractivity contribution in [2.75, 3.05) is 7.11 Å². The molecule has 0 atom stereocenters. The van der Waals surface area contributed by atoms with Gasteiger partial charge in [0.2, 0.25) is 0 Å². The lowest BCUT2D eigenvalue weighted by Gasteiger charge is -2.05. The summed E-state index contributed by atoms with van der Waals surface area (Å²) >= 11 is 0.802. The number of methoxy groups -OCH3 is 1. The summed E-state index contributed by atoms with van der Waals surface area (Å²) in [4.78, 5) is 0.825. The molecule has 0 amide bonds. The Morgan fingerprint density at radius 1 is 0.950 bits per heavy atom. The maximum absolute atomic E-state index is 12.0. The van der Waals surface area contributed by atoms with Crippen molar-refractivity contribution in [1.82, 2.24) is 0 Å². The maximum atomic E-state index is 12.0. The van der Waals surface area contributed by atoms with Crippen LogP contribution < -0.4 is 4.74 Å². The molecule has 0 radical (unpaired) electrons. The zero-order chi connectivity index (χ0) is 14.6. The molecule has 0 N–H and O–H groups in total. The Kier molecular flexibility index (Phi) is 4.69. The van der Waals surface area contributed by atoms with Gasteiger partial charge in [-0.1, -0.05) is 17.7 Å². The van der Waals surface area contributed by atoms with Crippen LogP contribution in [-0.4, -0.2) is 15.5 Å². The van der Waals surface area contributed by atoms with Crippen molar-refractivity contribution in [1.29, 1.82) is 0 Å². The molecule has 6 heteroatoms. The average molecular weight is 310 g/mol. The highest BCUT2D eigenvalue weighted by Gasteiger charge is 2.16. The molecule has 0 aliphatic heterocycles. The number of hydrogen-bond acceptors (Lipinski definition) is 5. The number of ether oxygens (including phenoxy) is 1. The van der Waals surface area contributed by atoms with E-state index in [1.165, 1.54) is 12.1 Å². The van der Waals surface area contributed by atoms with Crippen LogP contribution in [0, 0.1) is 6.92 Å². The molecule has 0 aromatic heterocycles. The highest BCUT2D eigenvalue weighted by molar-refractivity contribution is 8.04. The Labute approximate surface area is 123 Å². The first-order valence-electron chi connectivity index (χ1n) is 5.83. The monoisotopic (exact) mass is 310 g/mol. The zero-order valence-electron chi connectivity index (χ0n) is 11.1. The molecule has 2 rings (SSSR count). The highest BCUT2D eigenvalue weighted by atomic mass is 32.3. The lowest BCUT2D eigenvalue weighted by molar-refractivity contribution is 0.414. The second-order valence-corrected chi connectivity index (χ2v) is 6.66. The predicted molar refractivity (Wildman–Crippen MR) is 78.3 cm³/mol. The van der Waals surface area contributed by atoms with Crippen molar-refractivity contribution in [3.05, 3.63) is 54.1 Å². The van der Waals surface area contributed by atoms with Crippen molar-refractivity contribution < 1.29 is 16.8 Å². The predicted octanol–water partition coefficient (Wildman–Crippen LogP) is 3.42. The van der Waals surface area contributed by atoms with Gasteiger partial charge < -0.3 is 4.74 Å². The summed E-state index contributed by atoms with van der Waals surface area (Å²) in [5, 5.41) is 0. The van der Waals surface area contributed by atoms with Gasteiger partial charge in [0.1, 0.15) is 5.75 Å². The third-order valence-electron chi connectivity index (χ3n) is 2.59. The molecule has 0 aliphatic carbocycles. The van der Waals surface area contributed by atoms with Crippen LogP contribution in [-0.2, 0) is 13.7 Å². The Hall–Kier alpha value is -1.50. The summed E-state index contributed by atoms with van der Waals surface area (Å²) in [7, 11) is -2.19. The largest absolute Gasteiger partial charge is 0.497 e. The van der Waals surface area contributed by atoms with E-state index in [9.17, 15) is 8.42 Å². The highest BCUT2D eigenvalue weighted by Crippen LogP contribution is 2.26. The van der Waals surface area contributed by atoms with E-state index in [2.05, 4.69) is 0 Å². The molecule has 106 valence electrons. The first-order valence-corrected chi connectivity index (χ1v) is 7.98. The molecular formula is C14H14O4S2. The molecule has 0 aliphatic rings.